The van der Waals surface area contributed by atoms with Crippen molar-refractivity contribution in [3.05, 3.63) is 29.8 Å². The highest BCUT2D eigenvalue weighted by atomic mass is 16.5. The normalized spacial score (nSPS) is 28.4. The van der Waals surface area contributed by atoms with Crippen LogP contribution in [0.2, 0.25) is 0 Å². The summed E-state index contributed by atoms with van der Waals surface area (Å²) in [7, 11) is 0. The van der Waals surface area contributed by atoms with Gasteiger partial charge in [0.15, 0.2) is 0 Å². The third kappa shape index (κ3) is 1.37. The lowest BCUT2D eigenvalue weighted by Crippen LogP contribution is -2.52. The number of rotatable bonds is 0. The van der Waals surface area contributed by atoms with Crippen molar-refractivity contribution in [1.29, 1.82) is 0 Å². The van der Waals surface area contributed by atoms with Gasteiger partial charge >= 0.3 is 0 Å². The maximum atomic E-state index is 11.1. The molecule has 2 heterocycles. The van der Waals surface area contributed by atoms with Crippen LogP contribution >= 0.6 is 0 Å². The topological polar surface area (TPSA) is 47.6 Å². The lowest BCUT2D eigenvalue weighted by atomic mass is 9.98. The minimum Gasteiger partial charge on any atom is -0.491 e. The van der Waals surface area contributed by atoms with Gasteiger partial charge in [-0.25, -0.2) is 0 Å². The van der Waals surface area contributed by atoms with Gasteiger partial charge < -0.3 is 14.8 Å². The zero-order chi connectivity index (χ0) is 10.3. The van der Waals surface area contributed by atoms with Crippen molar-refractivity contribution in [2.75, 3.05) is 13.2 Å². The summed E-state index contributed by atoms with van der Waals surface area (Å²) in [5.74, 6) is 0.786. The van der Waals surface area contributed by atoms with Gasteiger partial charge in [0.05, 0.1) is 6.04 Å². The number of para-hydroxylation sites is 1. The van der Waals surface area contributed by atoms with Gasteiger partial charge in [-0.15, -0.1) is 0 Å². The van der Waals surface area contributed by atoms with Crippen LogP contribution in [0.15, 0.2) is 24.3 Å². The van der Waals surface area contributed by atoms with E-state index in [-0.39, 0.29) is 24.7 Å². The number of fused-ring (bicyclic) bond motifs is 3. The van der Waals surface area contributed by atoms with Crippen LogP contribution in [0.5, 0.6) is 5.75 Å². The van der Waals surface area contributed by atoms with E-state index < -0.39 is 0 Å². The molecular weight excluding hydrogens is 194 g/mol. The van der Waals surface area contributed by atoms with Gasteiger partial charge in [-0.2, -0.15) is 0 Å². The molecule has 0 spiro atoms. The van der Waals surface area contributed by atoms with Crippen molar-refractivity contribution in [3.63, 3.8) is 0 Å². The summed E-state index contributed by atoms with van der Waals surface area (Å²) in [5.41, 5.74) is 1.02. The Balaban J connectivity index is 1.97. The van der Waals surface area contributed by atoms with Gasteiger partial charge in [-0.05, 0) is 6.07 Å². The van der Waals surface area contributed by atoms with Crippen molar-refractivity contribution < 1.29 is 14.3 Å². The first-order valence-corrected chi connectivity index (χ1v) is 4.97. The fourth-order valence-electron chi connectivity index (χ4n) is 2.07. The minimum absolute atomic E-state index is 0.0545. The minimum atomic E-state index is -0.0702. The number of ether oxygens (including phenoxy) is 2. The Kier molecular flexibility index (Phi) is 1.89. The van der Waals surface area contributed by atoms with Crippen LogP contribution in [0.1, 0.15) is 11.7 Å². The van der Waals surface area contributed by atoms with Crippen LogP contribution in [-0.2, 0) is 9.53 Å². The Hall–Kier alpha value is -1.55. The van der Waals surface area contributed by atoms with Gasteiger partial charge in [0.25, 0.3) is 0 Å². The van der Waals surface area contributed by atoms with Crippen molar-refractivity contribution >= 4 is 5.91 Å². The Morgan fingerprint density at radius 1 is 1.33 bits per heavy atom. The lowest BCUT2D eigenvalue weighted by molar-refractivity contribution is -0.139. The first-order chi connectivity index (χ1) is 7.34. The van der Waals surface area contributed by atoms with Gasteiger partial charge in [0, 0.05) is 5.56 Å². The second-order valence-corrected chi connectivity index (χ2v) is 3.75. The summed E-state index contributed by atoms with van der Waals surface area (Å²) in [5, 5.41) is 2.87. The third-order valence-electron chi connectivity index (χ3n) is 2.75. The van der Waals surface area contributed by atoms with Crippen LogP contribution in [-0.4, -0.2) is 25.2 Å². The van der Waals surface area contributed by atoms with Crippen molar-refractivity contribution in [3.8, 4) is 5.75 Å². The van der Waals surface area contributed by atoms with E-state index in [0.717, 1.165) is 11.3 Å². The van der Waals surface area contributed by atoms with Crippen LogP contribution < -0.4 is 10.1 Å². The number of carbonyl (C=O) groups excluding carboxylic acids is 1. The standard InChI is InChI=1S/C11H11NO3/c13-10-6-15-11-7-3-1-2-4-9(7)14-5-8(11)12-10/h1-4,8,11H,5-6H2,(H,12,13)/t8-,11+/m1/s1. The zero-order valence-electron chi connectivity index (χ0n) is 8.10. The summed E-state index contributed by atoms with van der Waals surface area (Å²) in [4.78, 5) is 11.1. The highest BCUT2D eigenvalue weighted by Gasteiger charge is 2.36. The highest BCUT2D eigenvalue weighted by Crippen LogP contribution is 2.35. The van der Waals surface area contributed by atoms with Gasteiger partial charge in [-0.1, -0.05) is 18.2 Å². The summed E-state index contributed by atoms with van der Waals surface area (Å²) in [6, 6.07) is 7.72. The molecule has 2 atom stereocenters. The Morgan fingerprint density at radius 3 is 3.13 bits per heavy atom. The molecule has 15 heavy (non-hydrogen) atoms. The van der Waals surface area contributed by atoms with Gasteiger partial charge in [0.1, 0.15) is 25.1 Å². The summed E-state index contributed by atoms with van der Waals surface area (Å²) in [6.45, 7) is 0.614. The number of nitrogens with one attached hydrogen (secondary N) is 1. The summed E-state index contributed by atoms with van der Waals surface area (Å²) >= 11 is 0. The fraction of sp³-hybridized carbons (Fsp3) is 0.364. The zero-order valence-corrected chi connectivity index (χ0v) is 8.10. The predicted octanol–water partition coefficient (Wildman–Crippen LogP) is 0.635. The first kappa shape index (κ1) is 8.73. The molecule has 0 saturated carbocycles. The number of hydrogen-bond acceptors (Lipinski definition) is 3. The second kappa shape index (κ2) is 3.24. The molecule has 1 aromatic rings. The maximum Gasteiger partial charge on any atom is 0.246 e. The van der Waals surface area contributed by atoms with E-state index in [4.69, 9.17) is 9.47 Å². The van der Waals surface area contributed by atoms with Crippen LogP contribution in [0.25, 0.3) is 0 Å². The molecule has 1 saturated heterocycles. The molecule has 2 aliphatic heterocycles. The predicted molar refractivity (Wildman–Crippen MR) is 52.6 cm³/mol. The fourth-order valence-corrected chi connectivity index (χ4v) is 2.07. The molecule has 0 aromatic heterocycles. The molecule has 1 aromatic carbocycles. The lowest BCUT2D eigenvalue weighted by Gasteiger charge is -2.36. The summed E-state index contributed by atoms with van der Waals surface area (Å²) < 4.78 is 11.1. The maximum absolute atomic E-state index is 11.1. The van der Waals surface area contributed by atoms with Crippen LogP contribution in [0.3, 0.4) is 0 Å². The van der Waals surface area contributed by atoms with Crippen molar-refractivity contribution in [1.82, 2.24) is 5.32 Å². The van der Waals surface area contributed by atoms with E-state index >= 15 is 0 Å². The van der Waals surface area contributed by atoms with Crippen molar-refractivity contribution in [2.24, 2.45) is 0 Å². The van der Waals surface area contributed by atoms with Gasteiger partial charge in [-0.3, -0.25) is 4.79 Å². The molecule has 3 rings (SSSR count). The van der Waals surface area contributed by atoms with E-state index in [1.165, 1.54) is 0 Å². The number of hydrogen-bond donors (Lipinski definition) is 1. The van der Waals surface area contributed by atoms with E-state index in [1.54, 1.807) is 0 Å². The van der Waals surface area contributed by atoms with Crippen LogP contribution in [0.4, 0.5) is 0 Å². The average Bonchev–Trinajstić information content (AvgIpc) is 2.28. The molecule has 0 aliphatic carbocycles. The molecule has 1 amide bonds. The Bertz CT molecular complexity index is 405. The average molecular weight is 205 g/mol. The van der Waals surface area contributed by atoms with E-state index in [2.05, 4.69) is 5.32 Å². The van der Waals surface area contributed by atoms with Gasteiger partial charge in [0.2, 0.25) is 5.91 Å². The summed E-state index contributed by atoms with van der Waals surface area (Å²) in [6.07, 6.45) is -0.0624. The van der Waals surface area contributed by atoms with E-state index in [1.807, 2.05) is 24.3 Å². The molecular formula is C11H11NO3. The number of amides is 1. The molecule has 78 valence electrons. The Morgan fingerprint density at radius 2 is 2.20 bits per heavy atom. The molecule has 1 fully saturated rings. The molecule has 0 radical (unpaired) electrons. The monoisotopic (exact) mass is 205 g/mol. The molecule has 2 aliphatic rings. The molecule has 4 heteroatoms. The SMILES string of the molecule is O=C1CO[C@H]2c3ccccc3OC[C@H]2N1. The highest BCUT2D eigenvalue weighted by molar-refractivity contribution is 5.78. The molecule has 0 unspecified atom stereocenters. The second-order valence-electron chi connectivity index (χ2n) is 3.75. The smallest absolute Gasteiger partial charge is 0.246 e. The first-order valence-electron chi connectivity index (χ1n) is 4.97. The molecule has 4 nitrogen and oxygen atoms in total. The Labute approximate surface area is 87.2 Å². The molecule has 0 bridgehead atoms. The quantitative estimate of drug-likeness (QED) is 0.676. The van der Waals surface area contributed by atoms with Crippen molar-refractivity contribution in [2.45, 2.75) is 12.1 Å². The largest absolute Gasteiger partial charge is 0.491 e. The van der Waals surface area contributed by atoms with Crippen LogP contribution in [0, 0.1) is 0 Å². The number of benzene rings is 1. The third-order valence-corrected chi connectivity index (χ3v) is 2.75. The van der Waals surface area contributed by atoms with E-state index in [0.29, 0.717) is 6.61 Å². The number of morpholine rings is 1. The van der Waals surface area contributed by atoms with E-state index in [9.17, 15) is 4.79 Å². The number of carbonyl (C=O) groups is 1. The molecule has 1 N–H and O–H groups in total.